The Morgan fingerprint density at radius 2 is 2.04 bits per heavy atom. The van der Waals surface area contributed by atoms with Crippen LogP contribution in [0, 0.1) is 17.6 Å². The normalized spacial score (nSPS) is 21.1. The van der Waals surface area contributed by atoms with E-state index in [1.54, 1.807) is 0 Å². The van der Waals surface area contributed by atoms with E-state index in [4.69, 9.17) is 0 Å². The molecule has 23 heavy (non-hydrogen) atoms. The van der Waals surface area contributed by atoms with Crippen LogP contribution >= 0.6 is 0 Å². The van der Waals surface area contributed by atoms with E-state index in [1.165, 1.54) is 12.5 Å². The summed E-state index contributed by atoms with van der Waals surface area (Å²) in [7, 11) is 0. The maximum absolute atomic E-state index is 14.1. The molecule has 2 nitrogen and oxygen atoms in total. The number of unbranched alkanes of at least 4 members (excludes halogenated alkanes) is 1. The molecule has 0 amide bonds. The Kier molecular flexibility index (Phi) is 4.72. The lowest BCUT2D eigenvalue weighted by molar-refractivity contribution is 0.333. The van der Waals surface area contributed by atoms with Crippen LogP contribution in [0.3, 0.4) is 0 Å². The number of halogens is 2. The second kappa shape index (κ2) is 6.60. The maximum Gasteiger partial charge on any atom is 0.150 e. The van der Waals surface area contributed by atoms with E-state index in [0.717, 1.165) is 43.0 Å². The van der Waals surface area contributed by atoms with Gasteiger partial charge in [0.1, 0.15) is 11.6 Å². The highest BCUT2D eigenvalue weighted by Gasteiger charge is 2.30. The van der Waals surface area contributed by atoms with Crippen molar-refractivity contribution in [1.29, 1.82) is 0 Å². The van der Waals surface area contributed by atoms with Gasteiger partial charge < -0.3 is 10.3 Å². The van der Waals surface area contributed by atoms with Gasteiger partial charge in [0.25, 0.3) is 0 Å². The second-order valence-corrected chi connectivity index (χ2v) is 7.22. The number of rotatable bonds is 5. The first-order valence-electron chi connectivity index (χ1n) is 8.75. The summed E-state index contributed by atoms with van der Waals surface area (Å²) in [5, 5.41) is 4.44. The number of hydrogen-bond donors (Lipinski definition) is 2. The van der Waals surface area contributed by atoms with Gasteiger partial charge in [-0.25, -0.2) is 8.78 Å². The van der Waals surface area contributed by atoms with E-state index in [9.17, 15) is 8.78 Å². The van der Waals surface area contributed by atoms with Gasteiger partial charge in [0, 0.05) is 29.2 Å². The molecule has 2 atom stereocenters. The molecule has 126 valence electrons. The van der Waals surface area contributed by atoms with Crippen LogP contribution < -0.4 is 5.32 Å². The molecule has 2 heterocycles. The standard InChI is InChI=1S/C19H26F2N2/c1-4-5-6-13-10-15-14-8-12(20)9-16(21)18(14)23-19(15)17(22-13)7-11(2)3/h8-9,11,13,17,22-23H,4-7,10H2,1-3H3/t13-,17-/m0/s1. The van der Waals surface area contributed by atoms with Crippen LogP contribution in [0.4, 0.5) is 8.78 Å². The first kappa shape index (κ1) is 16.4. The average molecular weight is 320 g/mol. The van der Waals surface area contributed by atoms with Crippen molar-refractivity contribution in [2.45, 2.75) is 65.0 Å². The van der Waals surface area contributed by atoms with E-state index in [2.05, 4.69) is 31.1 Å². The fourth-order valence-corrected chi connectivity index (χ4v) is 3.78. The SMILES string of the molecule is CCCC[C@H]1Cc2c([nH]c3c(F)cc(F)cc23)[C@H](CC(C)C)N1. The molecule has 3 rings (SSSR count). The molecule has 0 saturated heterocycles. The van der Waals surface area contributed by atoms with Crippen molar-refractivity contribution in [2.75, 3.05) is 0 Å². The molecule has 0 fully saturated rings. The minimum absolute atomic E-state index is 0.190. The third-order valence-electron chi connectivity index (χ3n) is 4.81. The van der Waals surface area contributed by atoms with Gasteiger partial charge in [-0.15, -0.1) is 0 Å². The first-order chi connectivity index (χ1) is 11.0. The summed E-state index contributed by atoms with van der Waals surface area (Å²) < 4.78 is 27.8. The topological polar surface area (TPSA) is 27.8 Å². The lowest BCUT2D eigenvalue weighted by atomic mass is 9.88. The summed E-state index contributed by atoms with van der Waals surface area (Å²) in [6.07, 6.45) is 5.28. The van der Waals surface area contributed by atoms with E-state index in [-0.39, 0.29) is 6.04 Å². The first-order valence-corrected chi connectivity index (χ1v) is 8.75. The zero-order valence-electron chi connectivity index (χ0n) is 14.2. The van der Waals surface area contributed by atoms with Crippen molar-refractivity contribution >= 4 is 10.9 Å². The fourth-order valence-electron chi connectivity index (χ4n) is 3.78. The summed E-state index contributed by atoms with van der Waals surface area (Å²) in [5.74, 6) is -0.457. The van der Waals surface area contributed by atoms with Gasteiger partial charge in [0.05, 0.1) is 5.52 Å². The minimum atomic E-state index is -0.499. The number of aromatic nitrogens is 1. The number of aromatic amines is 1. The third kappa shape index (κ3) is 3.27. The molecule has 2 aromatic rings. The monoisotopic (exact) mass is 320 g/mol. The Hall–Kier alpha value is -1.42. The van der Waals surface area contributed by atoms with Crippen LogP contribution in [-0.4, -0.2) is 11.0 Å². The van der Waals surface area contributed by atoms with Gasteiger partial charge in [0.2, 0.25) is 0 Å². The molecular weight excluding hydrogens is 294 g/mol. The van der Waals surface area contributed by atoms with Gasteiger partial charge in [0.15, 0.2) is 0 Å². The van der Waals surface area contributed by atoms with Gasteiger partial charge in [-0.05, 0) is 36.8 Å². The van der Waals surface area contributed by atoms with Gasteiger partial charge in [-0.1, -0.05) is 33.6 Å². The zero-order valence-corrected chi connectivity index (χ0v) is 14.2. The van der Waals surface area contributed by atoms with Crippen LogP contribution in [0.15, 0.2) is 12.1 Å². The Morgan fingerprint density at radius 3 is 2.74 bits per heavy atom. The van der Waals surface area contributed by atoms with E-state index in [1.807, 2.05) is 0 Å². The molecule has 4 heteroatoms. The number of hydrogen-bond acceptors (Lipinski definition) is 1. The van der Waals surface area contributed by atoms with Crippen molar-refractivity contribution in [2.24, 2.45) is 5.92 Å². The Labute approximate surface area is 136 Å². The maximum atomic E-state index is 14.1. The molecule has 0 aliphatic carbocycles. The van der Waals surface area contributed by atoms with Gasteiger partial charge >= 0.3 is 0 Å². The predicted octanol–water partition coefficient (Wildman–Crippen LogP) is 5.24. The van der Waals surface area contributed by atoms with E-state index >= 15 is 0 Å². The highest BCUT2D eigenvalue weighted by Crippen LogP contribution is 2.36. The molecule has 1 aliphatic rings. The molecule has 0 bridgehead atoms. The number of benzene rings is 1. The average Bonchev–Trinajstić information content (AvgIpc) is 2.84. The van der Waals surface area contributed by atoms with Crippen molar-refractivity contribution < 1.29 is 8.78 Å². The van der Waals surface area contributed by atoms with Crippen LogP contribution in [0.25, 0.3) is 10.9 Å². The Morgan fingerprint density at radius 1 is 1.26 bits per heavy atom. The zero-order chi connectivity index (χ0) is 16.6. The number of fused-ring (bicyclic) bond motifs is 3. The highest BCUT2D eigenvalue weighted by molar-refractivity contribution is 5.85. The van der Waals surface area contributed by atoms with E-state index < -0.39 is 11.6 Å². The smallest absolute Gasteiger partial charge is 0.150 e. The summed E-state index contributed by atoms with van der Waals surface area (Å²) in [6.45, 7) is 6.58. The van der Waals surface area contributed by atoms with Gasteiger partial charge in [-0.3, -0.25) is 0 Å². The molecule has 1 aromatic carbocycles. The molecule has 2 N–H and O–H groups in total. The van der Waals surface area contributed by atoms with Crippen LogP contribution in [0.5, 0.6) is 0 Å². The van der Waals surface area contributed by atoms with Gasteiger partial charge in [-0.2, -0.15) is 0 Å². The lowest BCUT2D eigenvalue weighted by Gasteiger charge is -2.32. The Balaban J connectivity index is 2.04. The fraction of sp³-hybridized carbons (Fsp3) is 0.579. The molecule has 1 aromatic heterocycles. The predicted molar refractivity (Wildman–Crippen MR) is 90.6 cm³/mol. The molecule has 0 radical (unpaired) electrons. The van der Waals surface area contributed by atoms with Crippen molar-refractivity contribution in [3.8, 4) is 0 Å². The largest absolute Gasteiger partial charge is 0.354 e. The molecule has 0 spiro atoms. The van der Waals surface area contributed by atoms with Crippen LogP contribution in [-0.2, 0) is 6.42 Å². The van der Waals surface area contributed by atoms with Crippen molar-refractivity contribution in [3.05, 3.63) is 35.0 Å². The Bertz CT molecular complexity index is 690. The van der Waals surface area contributed by atoms with E-state index in [0.29, 0.717) is 22.9 Å². The van der Waals surface area contributed by atoms with Crippen LogP contribution in [0.2, 0.25) is 0 Å². The number of H-pyrrole nitrogens is 1. The molecule has 0 saturated carbocycles. The summed E-state index contributed by atoms with van der Waals surface area (Å²) >= 11 is 0. The highest BCUT2D eigenvalue weighted by atomic mass is 19.1. The van der Waals surface area contributed by atoms with Crippen LogP contribution in [0.1, 0.15) is 63.8 Å². The summed E-state index contributed by atoms with van der Waals surface area (Å²) in [5.41, 5.74) is 2.60. The second-order valence-electron chi connectivity index (χ2n) is 7.22. The lowest BCUT2D eigenvalue weighted by Crippen LogP contribution is -2.39. The van der Waals surface area contributed by atoms with Crippen molar-refractivity contribution in [3.63, 3.8) is 0 Å². The van der Waals surface area contributed by atoms with Crippen molar-refractivity contribution in [1.82, 2.24) is 10.3 Å². The number of nitrogens with one attached hydrogen (secondary N) is 2. The third-order valence-corrected chi connectivity index (χ3v) is 4.81. The molecule has 0 unspecified atom stereocenters. The summed E-state index contributed by atoms with van der Waals surface area (Å²) in [6, 6.07) is 3.01. The minimum Gasteiger partial charge on any atom is -0.354 e. The molecule has 1 aliphatic heterocycles. The summed E-state index contributed by atoms with van der Waals surface area (Å²) in [4.78, 5) is 3.24. The molecular formula is C19H26F2N2. The quantitative estimate of drug-likeness (QED) is 0.775.